The van der Waals surface area contributed by atoms with Gasteiger partial charge in [0.15, 0.2) is 10.7 Å². The van der Waals surface area contributed by atoms with Crippen LogP contribution in [-0.4, -0.2) is 31.8 Å². The molecular formula is C24H23F3N4O2S. The van der Waals surface area contributed by atoms with Gasteiger partial charge in [0.2, 0.25) is 0 Å². The van der Waals surface area contributed by atoms with Gasteiger partial charge in [0.25, 0.3) is 11.8 Å². The van der Waals surface area contributed by atoms with Crippen molar-refractivity contribution in [2.24, 2.45) is 0 Å². The summed E-state index contributed by atoms with van der Waals surface area (Å²) < 4.78 is 57.9. The fourth-order valence-electron chi connectivity index (χ4n) is 3.75. The molecule has 1 amide bonds. The largest absolute Gasteiger partial charge is 0.344 e. The maximum absolute atomic E-state index is 15.0. The first-order chi connectivity index (χ1) is 16.1. The highest BCUT2D eigenvalue weighted by atomic mass is 32.2. The van der Waals surface area contributed by atoms with Crippen LogP contribution < -0.4 is 5.32 Å². The Labute approximate surface area is 197 Å². The van der Waals surface area contributed by atoms with Gasteiger partial charge in [-0.2, -0.15) is 8.78 Å². The van der Waals surface area contributed by atoms with E-state index in [1.54, 1.807) is 38.1 Å². The molecule has 1 atom stereocenters. The molecular weight excluding hydrogens is 465 g/mol. The smallest absolute Gasteiger partial charge is 0.290 e. The fourth-order valence-corrected chi connectivity index (χ4v) is 4.87. The normalized spacial score (nSPS) is 14.6. The Balaban J connectivity index is 1.60. The first-order valence-corrected chi connectivity index (χ1v) is 11.9. The molecule has 4 rings (SSSR count). The second-order valence-electron chi connectivity index (χ2n) is 8.42. The predicted octanol–water partition coefficient (Wildman–Crippen LogP) is 4.50. The van der Waals surface area contributed by atoms with Gasteiger partial charge in [-0.3, -0.25) is 4.79 Å². The van der Waals surface area contributed by atoms with E-state index in [1.807, 2.05) is 0 Å². The summed E-state index contributed by atoms with van der Waals surface area (Å²) in [5.74, 6) is -4.82. The van der Waals surface area contributed by atoms with Crippen molar-refractivity contribution in [3.8, 4) is 0 Å². The Morgan fingerprint density at radius 3 is 2.56 bits per heavy atom. The van der Waals surface area contributed by atoms with Crippen LogP contribution in [0.25, 0.3) is 0 Å². The Bertz CT molecular complexity index is 1300. The molecule has 34 heavy (non-hydrogen) atoms. The number of hydrogen-bond donors (Lipinski definition) is 1. The molecule has 1 fully saturated rings. The molecule has 0 aliphatic heterocycles. The molecule has 1 N–H and O–H groups in total. The number of alkyl halides is 2. The maximum Gasteiger partial charge on any atom is 0.290 e. The number of hydrogen-bond acceptors (Lipinski definition) is 5. The fraction of sp³-hybridized carbons (Fsp3) is 0.333. The van der Waals surface area contributed by atoms with Crippen LogP contribution in [0.2, 0.25) is 0 Å². The molecule has 6 nitrogen and oxygen atoms in total. The van der Waals surface area contributed by atoms with Crippen molar-refractivity contribution in [2.45, 2.75) is 55.4 Å². The zero-order valence-electron chi connectivity index (χ0n) is 18.9. The SMILES string of the molecule is Cc1ccc(C(F)(F)CNC(=O)c2nc(C)nnc2S(=O)c2cccc(C3CC3)c2F)c(C)c1. The Hall–Kier alpha value is -3.14. The van der Waals surface area contributed by atoms with Crippen LogP contribution in [-0.2, 0) is 16.7 Å². The zero-order valence-corrected chi connectivity index (χ0v) is 19.7. The van der Waals surface area contributed by atoms with Gasteiger partial charge in [-0.1, -0.05) is 35.9 Å². The van der Waals surface area contributed by atoms with Crippen molar-refractivity contribution in [2.75, 3.05) is 6.54 Å². The van der Waals surface area contributed by atoms with E-state index >= 15 is 4.39 Å². The van der Waals surface area contributed by atoms with Gasteiger partial charge in [0.1, 0.15) is 22.4 Å². The third-order valence-electron chi connectivity index (χ3n) is 5.61. The summed E-state index contributed by atoms with van der Waals surface area (Å²) in [6, 6.07) is 9.09. The zero-order chi connectivity index (χ0) is 24.6. The number of aryl methyl sites for hydroxylation is 3. The summed E-state index contributed by atoms with van der Waals surface area (Å²) in [6.45, 7) is 3.82. The monoisotopic (exact) mass is 488 g/mol. The van der Waals surface area contributed by atoms with Crippen molar-refractivity contribution in [3.05, 3.63) is 76.0 Å². The van der Waals surface area contributed by atoms with E-state index in [2.05, 4.69) is 20.5 Å². The molecule has 1 saturated carbocycles. The van der Waals surface area contributed by atoms with Gasteiger partial charge in [-0.05, 0) is 56.7 Å². The van der Waals surface area contributed by atoms with Gasteiger partial charge in [-0.15, -0.1) is 10.2 Å². The number of amides is 1. The molecule has 0 bridgehead atoms. The van der Waals surface area contributed by atoms with E-state index in [-0.39, 0.29) is 27.2 Å². The molecule has 1 aliphatic carbocycles. The first-order valence-electron chi connectivity index (χ1n) is 10.7. The van der Waals surface area contributed by atoms with Crippen LogP contribution in [0.5, 0.6) is 0 Å². The highest BCUT2D eigenvalue weighted by Crippen LogP contribution is 2.42. The summed E-state index contributed by atoms with van der Waals surface area (Å²) in [4.78, 5) is 16.7. The average Bonchev–Trinajstić information content (AvgIpc) is 3.62. The molecule has 0 spiro atoms. The number of halogens is 3. The molecule has 1 aromatic heterocycles. The molecule has 1 unspecified atom stereocenters. The second kappa shape index (κ2) is 9.25. The number of rotatable bonds is 7. The van der Waals surface area contributed by atoms with Crippen molar-refractivity contribution in [1.29, 1.82) is 0 Å². The lowest BCUT2D eigenvalue weighted by molar-refractivity contribution is -0.00316. The second-order valence-corrected chi connectivity index (χ2v) is 9.78. The minimum Gasteiger partial charge on any atom is -0.344 e. The molecule has 3 aromatic rings. The van der Waals surface area contributed by atoms with Crippen LogP contribution >= 0.6 is 0 Å². The third kappa shape index (κ3) is 4.86. The number of nitrogens with one attached hydrogen (secondary N) is 1. The lowest BCUT2D eigenvalue weighted by Gasteiger charge is -2.20. The Morgan fingerprint density at radius 2 is 1.88 bits per heavy atom. The quantitative estimate of drug-likeness (QED) is 0.529. The van der Waals surface area contributed by atoms with Crippen molar-refractivity contribution >= 4 is 16.7 Å². The summed E-state index contributed by atoms with van der Waals surface area (Å²) in [7, 11) is -2.22. The summed E-state index contributed by atoms with van der Waals surface area (Å²) in [6.07, 6.45) is 1.70. The number of aromatic nitrogens is 3. The van der Waals surface area contributed by atoms with Crippen LogP contribution in [0.4, 0.5) is 13.2 Å². The summed E-state index contributed by atoms with van der Waals surface area (Å²) in [5, 5.41) is 9.32. The minimum absolute atomic E-state index is 0.0782. The van der Waals surface area contributed by atoms with E-state index in [9.17, 15) is 17.8 Å². The van der Waals surface area contributed by atoms with Gasteiger partial charge < -0.3 is 5.32 Å². The van der Waals surface area contributed by atoms with Crippen molar-refractivity contribution in [1.82, 2.24) is 20.5 Å². The molecule has 2 aromatic carbocycles. The van der Waals surface area contributed by atoms with E-state index in [0.717, 1.165) is 18.4 Å². The lowest BCUT2D eigenvalue weighted by Crippen LogP contribution is -2.36. The Kier molecular flexibility index (Phi) is 6.53. The molecule has 1 aliphatic rings. The van der Waals surface area contributed by atoms with Gasteiger partial charge in [0, 0.05) is 5.56 Å². The van der Waals surface area contributed by atoms with Gasteiger partial charge in [0.05, 0.1) is 11.4 Å². The van der Waals surface area contributed by atoms with Crippen molar-refractivity contribution in [3.63, 3.8) is 0 Å². The number of nitrogens with zero attached hydrogens (tertiary/aromatic N) is 3. The first kappa shape index (κ1) is 24.0. The van der Waals surface area contributed by atoms with Crippen LogP contribution in [0.3, 0.4) is 0 Å². The Morgan fingerprint density at radius 1 is 1.15 bits per heavy atom. The lowest BCUT2D eigenvalue weighted by atomic mass is 10.0. The van der Waals surface area contributed by atoms with Gasteiger partial charge >= 0.3 is 0 Å². The number of carbonyl (C=O) groups excluding carboxylic acids is 1. The molecule has 1 heterocycles. The van der Waals surface area contributed by atoms with Crippen LogP contribution in [0.15, 0.2) is 46.3 Å². The minimum atomic E-state index is -3.35. The highest BCUT2D eigenvalue weighted by Gasteiger charge is 2.35. The summed E-state index contributed by atoms with van der Waals surface area (Å²) >= 11 is 0. The maximum atomic E-state index is 15.0. The molecule has 178 valence electrons. The molecule has 10 heteroatoms. The van der Waals surface area contributed by atoms with E-state index < -0.39 is 40.7 Å². The third-order valence-corrected chi connectivity index (χ3v) is 6.95. The molecule has 0 radical (unpaired) electrons. The van der Waals surface area contributed by atoms with Gasteiger partial charge in [-0.25, -0.2) is 13.6 Å². The van der Waals surface area contributed by atoms with Crippen LogP contribution in [0.1, 0.15) is 57.3 Å². The number of carbonyl (C=O) groups is 1. The summed E-state index contributed by atoms with van der Waals surface area (Å²) in [5.41, 5.74) is 1.05. The molecule has 0 saturated heterocycles. The van der Waals surface area contributed by atoms with E-state index in [4.69, 9.17) is 0 Å². The number of benzene rings is 2. The van der Waals surface area contributed by atoms with Crippen molar-refractivity contribution < 1.29 is 22.2 Å². The van der Waals surface area contributed by atoms with Crippen LogP contribution in [0, 0.1) is 26.6 Å². The standard InChI is InChI=1S/C24H23F3N4O2S/c1-13-7-10-18(14(2)11-13)24(26,27)12-28-22(32)21-23(31-30-15(3)29-21)34(33)19-6-4-5-17(20(19)25)16-8-9-16/h4-7,10-11,16H,8-9,12H2,1-3H3,(H,28,32). The highest BCUT2D eigenvalue weighted by molar-refractivity contribution is 7.85. The average molecular weight is 489 g/mol. The topological polar surface area (TPSA) is 84.8 Å². The van der Waals surface area contributed by atoms with E-state index in [0.29, 0.717) is 11.1 Å². The van der Waals surface area contributed by atoms with E-state index in [1.165, 1.54) is 19.1 Å². The predicted molar refractivity (Wildman–Crippen MR) is 120 cm³/mol.